The van der Waals surface area contributed by atoms with Crippen LogP contribution in [0.15, 0.2) is 6.20 Å². The molecule has 0 radical (unpaired) electrons. The SMILES string of the molecule is CCCCC(CC)C(Cc1cn(C)nn1)NC. The molecule has 1 aromatic heterocycles. The monoisotopic (exact) mass is 238 g/mol. The average molecular weight is 238 g/mol. The van der Waals surface area contributed by atoms with E-state index >= 15 is 0 Å². The van der Waals surface area contributed by atoms with E-state index in [2.05, 4.69) is 36.5 Å². The lowest BCUT2D eigenvalue weighted by atomic mass is 9.89. The lowest BCUT2D eigenvalue weighted by molar-refractivity contribution is 0.328. The van der Waals surface area contributed by atoms with E-state index in [0.29, 0.717) is 6.04 Å². The fourth-order valence-corrected chi connectivity index (χ4v) is 2.37. The largest absolute Gasteiger partial charge is 0.316 e. The number of nitrogens with one attached hydrogen (secondary N) is 1. The smallest absolute Gasteiger partial charge is 0.0842 e. The van der Waals surface area contributed by atoms with Crippen molar-refractivity contribution in [2.45, 2.75) is 52.0 Å². The minimum Gasteiger partial charge on any atom is -0.316 e. The summed E-state index contributed by atoms with van der Waals surface area (Å²) >= 11 is 0. The van der Waals surface area contributed by atoms with E-state index in [-0.39, 0.29) is 0 Å². The summed E-state index contributed by atoms with van der Waals surface area (Å²) in [6, 6.07) is 0.517. The maximum atomic E-state index is 4.17. The molecule has 0 aliphatic rings. The van der Waals surface area contributed by atoms with Crippen LogP contribution in [0.5, 0.6) is 0 Å². The molecule has 1 rings (SSSR count). The van der Waals surface area contributed by atoms with Gasteiger partial charge >= 0.3 is 0 Å². The van der Waals surface area contributed by atoms with Gasteiger partial charge in [-0.1, -0.05) is 38.3 Å². The molecule has 0 fully saturated rings. The van der Waals surface area contributed by atoms with Gasteiger partial charge in [0.25, 0.3) is 0 Å². The van der Waals surface area contributed by atoms with Crippen LogP contribution in [0, 0.1) is 5.92 Å². The van der Waals surface area contributed by atoms with Crippen LogP contribution in [-0.2, 0) is 13.5 Å². The van der Waals surface area contributed by atoms with Crippen LogP contribution in [0.2, 0.25) is 0 Å². The quantitative estimate of drug-likeness (QED) is 0.754. The van der Waals surface area contributed by atoms with Crippen molar-refractivity contribution in [1.82, 2.24) is 20.3 Å². The van der Waals surface area contributed by atoms with E-state index in [4.69, 9.17) is 0 Å². The van der Waals surface area contributed by atoms with Gasteiger partial charge in [0.05, 0.1) is 5.69 Å². The Morgan fingerprint density at radius 2 is 2.18 bits per heavy atom. The maximum Gasteiger partial charge on any atom is 0.0842 e. The number of hydrogen-bond acceptors (Lipinski definition) is 3. The van der Waals surface area contributed by atoms with E-state index in [1.165, 1.54) is 25.7 Å². The highest BCUT2D eigenvalue weighted by Gasteiger charge is 2.19. The topological polar surface area (TPSA) is 42.7 Å². The molecule has 0 saturated heterocycles. The van der Waals surface area contributed by atoms with Crippen molar-refractivity contribution >= 4 is 0 Å². The molecule has 0 amide bonds. The number of nitrogens with zero attached hydrogens (tertiary/aromatic N) is 3. The summed E-state index contributed by atoms with van der Waals surface area (Å²) in [4.78, 5) is 0. The summed E-state index contributed by atoms with van der Waals surface area (Å²) in [5.74, 6) is 0.738. The zero-order valence-corrected chi connectivity index (χ0v) is 11.6. The van der Waals surface area contributed by atoms with Crippen molar-refractivity contribution in [2.24, 2.45) is 13.0 Å². The Kier molecular flexibility index (Phi) is 6.19. The molecule has 98 valence electrons. The molecule has 4 heteroatoms. The molecule has 4 nitrogen and oxygen atoms in total. The molecule has 0 aliphatic heterocycles. The van der Waals surface area contributed by atoms with E-state index in [9.17, 15) is 0 Å². The third-order valence-corrected chi connectivity index (χ3v) is 3.47. The van der Waals surface area contributed by atoms with Gasteiger partial charge in [0.15, 0.2) is 0 Å². The number of unbranched alkanes of at least 4 members (excludes halogenated alkanes) is 1. The van der Waals surface area contributed by atoms with Gasteiger partial charge in [-0.3, -0.25) is 4.68 Å². The molecule has 2 atom stereocenters. The summed E-state index contributed by atoms with van der Waals surface area (Å²) in [5, 5.41) is 11.6. The first-order valence-corrected chi connectivity index (χ1v) is 6.73. The maximum absolute atomic E-state index is 4.17. The second kappa shape index (κ2) is 7.43. The van der Waals surface area contributed by atoms with E-state index in [1.807, 2.05) is 13.2 Å². The van der Waals surface area contributed by atoms with Crippen molar-refractivity contribution in [3.05, 3.63) is 11.9 Å². The van der Waals surface area contributed by atoms with E-state index < -0.39 is 0 Å². The van der Waals surface area contributed by atoms with Crippen LogP contribution >= 0.6 is 0 Å². The fraction of sp³-hybridized carbons (Fsp3) is 0.846. The number of likely N-dealkylation sites (N-methyl/N-ethyl adjacent to an activating group) is 1. The fourth-order valence-electron chi connectivity index (χ4n) is 2.37. The van der Waals surface area contributed by atoms with Crippen molar-refractivity contribution in [3.8, 4) is 0 Å². The Bertz CT molecular complexity index is 308. The lowest BCUT2D eigenvalue weighted by Gasteiger charge is -2.25. The Morgan fingerprint density at radius 1 is 1.41 bits per heavy atom. The molecule has 0 saturated carbocycles. The Hall–Kier alpha value is -0.900. The second-order valence-corrected chi connectivity index (χ2v) is 4.79. The number of aromatic nitrogens is 3. The molecule has 1 aromatic rings. The molecule has 0 aliphatic carbocycles. The van der Waals surface area contributed by atoms with Crippen molar-refractivity contribution < 1.29 is 0 Å². The number of aryl methyl sites for hydroxylation is 1. The molecular weight excluding hydrogens is 212 g/mol. The summed E-state index contributed by atoms with van der Waals surface area (Å²) in [6.45, 7) is 4.53. The van der Waals surface area contributed by atoms with Crippen LogP contribution in [0.3, 0.4) is 0 Å². The van der Waals surface area contributed by atoms with Crippen LogP contribution < -0.4 is 5.32 Å². The molecule has 1 N–H and O–H groups in total. The van der Waals surface area contributed by atoms with Gasteiger partial charge in [-0.2, -0.15) is 0 Å². The predicted octanol–water partition coefficient (Wildman–Crippen LogP) is 2.16. The summed E-state index contributed by atoms with van der Waals surface area (Å²) in [5.41, 5.74) is 1.08. The minimum absolute atomic E-state index is 0.517. The third-order valence-electron chi connectivity index (χ3n) is 3.47. The molecule has 2 unspecified atom stereocenters. The van der Waals surface area contributed by atoms with Crippen LogP contribution in [0.1, 0.15) is 45.2 Å². The number of hydrogen-bond donors (Lipinski definition) is 1. The summed E-state index contributed by atoms with van der Waals surface area (Å²) in [6.07, 6.45) is 8.11. The van der Waals surface area contributed by atoms with Crippen LogP contribution in [0.25, 0.3) is 0 Å². The van der Waals surface area contributed by atoms with Crippen LogP contribution in [-0.4, -0.2) is 28.1 Å². The second-order valence-electron chi connectivity index (χ2n) is 4.79. The highest BCUT2D eigenvalue weighted by molar-refractivity contribution is 4.97. The van der Waals surface area contributed by atoms with E-state index in [1.54, 1.807) is 4.68 Å². The molecule has 1 heterocycles. The number of rotatable bonds is 8. The first-order valence-electron chi connectivity index (χ1n) is 6.73. The molecule has 0 aromatic carbocycles. The summed E-state index contributed by atoms with van der Waals surface area (Å²) in [7, 11) is 3.97. The van der Waals surface area contributed by atoms with Crippen molar-refractivity contribution in [1.29, 1.82) is 0 Å². The van der Waals surface area contributed by atoms with Gasteiger partial charge in [-0.25, -0.2) is 0 Å². The van der Waals surface area contributed by atoms with Crippen LogP contribution in [0.4, 0.5) is 0 Å². The zero-order chi connectivity index (χ0) is 12.7. The van der Waals surface area contributed by atoms with Gasteiger partial charge in [-0.05, 0) is 19.4 Å². The van der Waals surface area contributed by atoms with Gasteiger partial charge < -0.3 is 5.32 Å². The lowest BCUT2D eigenvalue weighted by Crippen LogP contribution is -2.35. The third kappa shape index (κ3) is 4.46. The molecule has 17 heavy (non-hydrogen) atoms. The predicted molar refractivity (Wildman–Crippen MR) is 70.9 cm³/mol. The molecule has 0 bridgehead atoms. The van der Waals surface area contributed by atoms with Gasteiger partial charge in [0, 0.05) is 25.7 Å². The molecule has 0 spiro atoms. The highest BCUT2D eigenvalue weighted by Crippen LogP contribution is 2.19. The first kappa shape index (κ1) is 14.2. The first-order chi connectivity index (χ1) is 8.21. The van der Waals surface area contributed by atoms with Gasteiger partial charge in [-0.15, -0.1) is 5.10 Å². The van der Waals surface area contributed by atoms with Gasteiger partial charge in [0.2, 0.25) is 0 Å². The Morgan fingerprint density at radius 3 is 2.65 bits per heavy atom. The van der Waals surface area contributed by atoms with Crippen molar-refractivity contribution in [2.75, 3.05) is 7.05 Å². The van der Waals surface area contributed by atoms with Crippen molar-refractivity contribution in [3.63, 3.8) is 0 Å². The Balaban J connectivity index is 2.56. The Labute approximate surface area is 105 Å². The highest BCUT2D eigenvalue weighted by atomic mass is 15.4. The van der Waals surface area contributed by atoms with E-state index in [0.717, 1.165) is 18.0 Å². The zero-order valence-electron chi connectivity index (χ0n) is 11.6. The minimum atomic E-state index is 0.517. The normalized spacial score (nSPS) is 14.8. The average Bonchev–Trinajstić information content (AvgIpc) is 2.74. The standard InChI is InChI=1S/C13H26N4/c1-5-7-8-11(6-2)13(14-3)9-12-10-17(4)16-15-12/h10-11,13-14H,5-9H2,1-4H3. The summed E-state index contributed by atoms with van der Waals surface area (Å²) < 4.78 is 1.77. The molecular formula is C13H26N4. The van der Waals surface area contributed by atoms with Gasteiger partial charge in [0.1, 0.15) is 0 Å².